The Balaban J connectivity index is 2.02. The summed E-state index contributed by atoms with van der Waals surface area (Å²) in [4.78, 5) is 7.39. The lowest BCUT2D eigenvalue weighted by molar-refractivity contribution is 0.637. The normalized spacial score (nSPS) is 11.4. The molecule has 4 nitrogen and oxygen atoms in total. The van der Waals surface area contributed by atoms with Crippen LogP contribution in [0.3, 0.4) is 0 Å². The molecule has 0 spiro atoms. The summed E-state index contributed by atoms with van der Waals surface area (Å²) in [6.45, 7) is 0. The van der Waals surface area contributed by atoms with Gasteiger partial charge in [0.15, 0.2) is 11.6 Å². The smallest absolute Gasteiger partial charge is 0.159 e. The molecule has 2 aromatic heterocycles. The van der Waals surface area contributed by atoms with Crippen molar-refractivity contribution in [1.29, 1.82) is 0 Å². The Kier molecular flexibility index (Phi) is 1.97. The molecule has 5 heteroatoms. The Bertz CT molecular complexity index is 891. The Hall–Kier alpha value is -2.69. The largest absolute Gasteiger partial charge is 0.336 e. The number of aromatic nitrogens is 4. The molecule has 0 aliphatic rings. The van der Waals surface area contributed by atoms with E-state index in [1.165, 1.54) is 6.07 Å². The number of rotatable bonds is 1. The lowest BCUT2D eigenvalue weighted by Crippen LogP contribution is -1.81. The van der Waals surface area contributed by atoms with Gasteiger partial charge < -0.3 is 4.98 Å². The minimum absolute atomic E-state index is 0.333. The predicted molar refractivity (Wildman–Crippen MR) is 71.1 cm³/mol. The number of fused-ring (bicyclic) bond motifs is 2. The van der Waals surface area contributed by atoms with Crippen LogP contribution >= 0.6 is 0 Å². The van der Waals surface area contributed by atoms with Crippen molar-refractivity contribution in [2.45, 2.75) is 0 Å². The molecule has 2 aromatic carbocycles. The van der Waals surface area contributed by atoms with Crippen molar-refractivity contribution in [3.05, 3.63) is 48.3 Å². The average Bonchev–Trinajstić information content (AvgIpc) is 3.02. The highest BCUT2D eigenvalue weighted by Crippen LogP contribution is 2.26. The van der Waals surface area contributed by atoms with E-state index in [2.05, 4.69) is 20.2 Å². The van der Waals surface area contributed by atoms with Gasteiger partial charge >= 0.3 is 0 Å². The monoisotopic (exact) mass is 252 g/mol. The fourth-order valence-electron chi connectivity index (χ4n) is 2.25. The number of imidazole rings is 1. The van der Waals surface area contributed by atoms with Crippen LogP contribution in [0.4, 0.5) is 4.39 Å². The highest BCUT2D eigenvalue weighted by atomic mass is 19.1. The molecule has 0 fully saturated rings. The summed E-state index contributed by atoms with van der Waals surface area (Å²) >= 11 is 0. The van der Waals surface area contributed by atoms with Gasteiger partial charge in [0, 0.05) is 5.39 Å². The van der Waals surface area contributed by atoms with Gasteiger partial charge in [-0.05, 0) is 18.2 Å². The van der Waals surface area contributed by atoms with E-state index in [0.717, 1.165) is 10.9 Å². The average molecular weight is 252 g/mol. The lowest BCUT2D eigenvalue weighted by atomic mass is 10.2. The van der Waals surface area contributed by atoms with Crippen LogP contribution in [0.2, 0.25) is 0 Å². The fraction of sp³-hybridized carbons (Fsp3) is 0. The summed E-state index contributed by atoms with van der Waals surface area (Å²) in [5.74, 6) is 0.234. The lowest BCUT2D eigenvalue weighted by Gasteiger charge is -1.90. The van der Waals surface area contributed by atoms with Crippen LogP contribution in [0.25, 0.3) is 33.5 Å². The number of aromatic amines is 2. The predicted octanol–water partition coefficient (Wildman–Crippen LogP) is 3.25. The number of H-pyrrole nitrogens is 2. The molecule has 0 aliphatic heterocycles. The van der Waals surface area contributed by atoms with E-state index < -0.39 is 0 Å². The number of nitrogens with zero attached hydrogens (tertiary/aromatic N) is 2. The van der Waals surface area contributed by atoms with Gasteiger partial charge in [0.1, 0.15) is 11.2 Å². The van der Waals surface area contributed by atoms with E-state index in [9.17, 15) is 4.39 Å². The van der Waals surface area contributed by atoms with E-state index in [1.807, 2.05) is 24.3 Å². The van der Waals surface area contributed by atoms with E-state index >= 15 is 0 Å². The van der Waals surface area contributed by atoms with Crippen LogP contribution in [0.15, 0.2) is 42.5 Å². The SMILES string of the molecule is Fc1cccc2[nH]c(-c3n[nH]c4ccccc34)nc12. The molecule has 4 rings (SSSR count). The van der Waals surface area contributed by atoms with Gasteiger partial charge in [-0.1, -0.05) is 24.3 Å². The number of nitrogens with one attached hydrogen (secondary N) is 2. The summed E-state index contributed by atoms with van der Waals surface area (Å²) in [6.07, 6.45) is 0. The summed E-state index contributed by atoms with van der Waals surface area (Å²) in [7, 11) is 0. The molecule has 0 saturated carbocycles. The van der Waals surface area contributed by atoms with Crippen molar-refractivity contribution in [1.82, 2.24) is 20.2 Å². The minimum Gasteiger partial charge on any atom is -0.336 e. The first-order valence-electron chi connectivity index (χ1n) is 5.90. The molecule has 0 radical (unpaired) electrons. The highest BCUT2D eigenvalue weighted by molar-refractivity contribution is 5.92. The molecule has 0 unspecified atom stereocenters. The number of hydrogen-bond acceptors (Lipinski definition) is 2. The Labute approximate surface area is 107 Å². The summed E-state index contributed by atoms with van der Waals surface area (Å²) in [5.41, 5.74) is 2.64. The molecule has 4 aromatic rings. The molecule has 0 amide bonds. The zero-order chi connectivity index (χ0) is 12.8. The molecule has 0 atom stereocenters. The Morgan fingerprint density at radius 1 is 0.947 bits per heavy atom. The van der Waals surface area contributed by atoms with Crippen LogP contribution in [0, 0.1) is 5.82 Å². The minimum atomic E-state index is -0.333. The quantitative estimate of drug-likeness (QED) is 0.546. The van der Waals surface area contributed by atoms with Gasteiger partial charge in [-0.15, -0.1) is 0 Å². The van der Waals surface area contributed by atoms with Gasteiger partial charge in [0.2, 0.25) is 0 Å². The van der Waals surface area contributed by atoms with Crippen LogP contribution in [0.1, 0.15) is 0 Å². The maximum absolute atomic E-state index is 13.6. The second kappa shape index (κ2) is 3.65. The summed E-state index contributed by atoms with van der Waals surface area (Å²) in [5, 5.41) is 8.15. The van der Waals surface area contributed by atoms with Crippen LogP contribution < -0.4 is 0 Å². The molecule has 19 heavy (non-hydrogen) atoms. The summed E-state index contributed by atoms with van der Waals surface area (Å²) < 4.78 is 13.6. The topological polar surface area (TPSA) is 57.4 Å². The second-order valence-corrected chi connectivity index (χ2v) is 4.34. The molecular weight excluding hydrogens is 243 g/mol. The maximum Gasteiger partial charge on any atom is 0.159 e. The molecule has 92 valence electrons. The molecule has 0 aliphatic carbocycles. The van der Waals surface area contributed by atoms with E-state index in [0.29, 0.717) is 22.6 Å². The first-order chi connectivity index (χ1) is 9.33. The van der Waals surface area contributed by atoms with Crippen molar-refractivity contribution in [2.75, 3.05) is 0 Å². The maximum atomic E-state index is 13.6. The van der Waals surface area contributed by atoms with Crippen molar-refractivity contribution >= 4 is 21.9 Å². The van der Waals surface area contributed by atoms with Gasteiger partial charge in [-0.3, -0.25) is 5.10 Å². The van der Waals surface area contributed by atoms with Crippen molar-refractivity contribution < 1.29 is 4.39 Å². The van der Waals surface area contributed by atoms with Crippen LogP contribution in [-0.4, -0.2) is 20.2 Å². The van der Waals surface area contributed by atoms with E-state index in [4.69, 9.17) is 0 Å². The Morgan fingerprint density at radius 3 is 2.68 bits per heavy atom. The van der Waals surface area contributed by atoms with Crippen LogP contribution in [0.5, 0.6) is 0 Å². The first kappa shape index (κ1) is 10.3. The van der Waals surface area contributed by atoms with E-state index in [-0.39, 0.29) is 5.82 Å². The zero-order valence-corrected chi connectivity index (χ0v) is 9.81. The highest BCUT2D eigenvalue weighted by Gasteiger charge is 2.13. The molecule has 2 N–H and O–H groups in total. The van der Waals surface area contributed by atoms with E-state index in [1.54, 1.807) is 12.1 Å². The van der Waals surface area contributed by atoms with Crippen molar-refractivity contribution in [2.24, 2.45) is 0 Å². The molecule has 0 bridgehead atoms. The number of para-hydroxylation sites is 2. The third-order valence-corrected chi connectivity index (χ3v) is 3.16. The Morgan fingerprint density at radius 2 is 1.79 bits per heavy atom. The fourth-order valence-corrected chi connectivity index (χ4v) is 2.25. The van der Waals surface area contributed by atoms with Gasteiger partial charge in [-0.25, -0.2) is 9.37 Å². The molecular formula is C14H9FN4. The van der Waals surface area contributed by atoms with Gasteiger partial charge in [0.25, 0.3) is 0 Å². The van der Waals surface area contributed by atoms with Gasteiger partial charge in [-0.2, -0.15) is 5.10 Å². The standard InChI is InChI=1S/C14H9FN4/c15-9-5-3-7-11-13(9)17-14(16-11)12-8-4-1-2-6-10(8)18-19-12/h1-7H,(H,16,17)(H,18,19). The number of halogens is 1. The third-order valence-electron chi connectivity index (χ3n) is 3.16. The molecule has 0 saturated heterocycles. The van der Waals surface area contributed by atoms with Crippen LogP contribution in [-0.2, 0) is 0 Å². The number of hydrogen-bond donors (Lipinski definition) is 2. The number of benzene rings is 2. The summed E-state index contributed by atoms with van der Waals surface area (Å²) in [6, 6.07) is 12.6. The zero-order valence-electron chi connectivity index (χ0n) is 9.81. The van der Waals surface area contributed by atoms with Crippen molar-refractivity contribution in [3.8, 4) is 11.5 Å². The van der Waals surface area contributed by atoms with Gasteiger partial charge in [0.05, 0.1) is 11.0 Å². The second-order valence-electron chi connectivity index (χ2n) is 4.34. The third kappa shape index (κ3) is 1.45. The first-order valence-corrected chi connectivity index (χ1v) is 5.90. The molecule has 2 heterocycles. The van der Waals surface area contributed by atoms with Crippen molar-refractivity contribution in [3.63, 3.8) is 0 Å².